The van der Waals surface area contributed by atoms with Crippen LogP contribution >= 0.6 is 0 Å². The second-order valence-corrected chi connectivity index (χ2v) is 10.0. The molecule has 0 radical (unpaired) electrons. The molecule has 2 atom stereocenters. The van der Waals surface area contributed by atoms with Crippen molar-refractivity contribution in [2.45, 2.75) is 64.4 Å². The molecule has 0 bridgehead atoms. The summed E-state index contributed by atoms with van der Waals surface area (Å²) >= 11 is 0. The van der Waals surface area contributed by atoms with Crippen molar-refractivity contribution in [3.05, 3.63) is 88.7 Å². The zero-order chi connectivity index (χ0) is 27.4. The molecule has 2 unspecified atom stereocenters. The van der Waals surface area contributed by atoms with E-state index in [9.17, 15) is 30.7 Å². The topological polar surface area (TPSA) is 9.23 Å². The third-order valence-electron chi connectivity index (χ3n) is 7.45. The monoisotopic (exact) mass is 538 g/mol. The molecule has 0 saturated heterocycles. The maximum Gasteiger partial charge on any atom is 0.432 e. The minimum absolute atomic E-state index is 0.0411. The molecule has 204 valence electrons. The van der Waals surface area contributed by atoms with E-state index in [-0.39, 0.29) is 17.7 Å². The Balaban J connectivity index is 1.45. The lowest BCUT2D eigenvalue weighted by molar-refractivity contribution is -0.189. The quantitative estimate of drug-likeness (QED) is 0.158. The lowest BCUT2D eigenvalue weighted by Gasteiger charge is -2.20. The zero-order valence-electron chi connectivity index (χ0n) is 21.0. The summed E-state index contributed by atoms with van der Waals surface area (Å²) in [7, 11) is 0. The second-order valence-electron chi connectivity index (χ2n) is 10.0. The summed E-state index contributed by atoms with van der Waals surface area (Å²) in [5.74, 6) is -8.26. The molecule has 38 heavy (non-hydrogen) atoms. The number of hydrogen-bond acceptors (Lipinski definition) is 1. The molecule has 0 amide bonds. The molecule has 1 aliphatic carbocycles. The molecule has 8 heteroatoms. The summed E-state index contributed by atoms with van der Waals surface area (Å²) in [6.45, 7) is 2.25. The molecule has 4 rings (SSSR count). The Bertz CT molecular complexity index is 1210. The van der Waals surface area contributed by atoms with Crippen LogP contribution in [0, 0.1) is 40.9 Å². The lowest BCUT2D eigenvalue weighted by Crippen LogP contribution is -2.25. The maximum atomic E-state index is 14.7. The van der Waals surface area contributed by atoms with Crippen LogP contribution in [-0.4, -0.2) is 0 Å². The third kappa shape index (κ3) is 6.51. The van der Waals surface area contributed by atoms with Crippen molar-refractivity contribution in [3.8, 4) is 16.9 Å². The summed E-state index contributed by atoms with van der Waals surface area (Å²) in [4.78, 5) is 0. The number of hydrogen-bond donors (Lipinski definition) is 0. The maximum absolute atomic E-state index is 14.7. The van der Waals surface area contributed by atoms with Crippen molar-refractivity contribution < 1.29 is 35.5 Å². The van der Waals surface area contributed by atoms with E-state index in [1.807, 2.05) is 12.1 Å². The minimum atomic E-state index is -4.62. The van der Waals surface area contributed by atoms with Crippen LogP contribution in [0.4, 0.5) is 30.7 Å². The highest BCUT2D eigenvalue weighted by molar-refractivity contribution is 5.64. The van der Waals surface area contributed by atoms with E-state index in [2.05, 4.69) is 11.7 Å². The zero-order valence-corrected chi connectivity index (χ0v) is 21.0. The Morgan fingerprint density at radius 3 is 1.92 bits per heavy atom. The average molecular weight is 539 g/mol. The Morgan fingerprint density at radius 1 is 0.737 bits per heavy atom. The molecule has 0 heterocycles. The van der Waals surface area contributed by atoms with Gasteiger partial charge in [-0.25, -0.2) is 22.0 Å². The van der Waals surface area contributed by atoms with Gasteiger partial charge in [-0.15, -0.1) is 0 Å². The molecule has 3 aromatic carbocycles. The Labute approximate surface area is 217 Å². The van der Waals surface area contributed by atoms with Crippen LogP contribution in [0.2, 0.25) is 0 Å². The lowest BCUT2D eigenvalue weighted by atomic mass is 9.91. The van der Waals surface area contributed by atoms with Gasteiger partial charge in [-0.05, 0) is 53.5 Å². The number of rotatable bonds is 8. The molecule has 1 aliphatic rings. The summed E-state index contributed by atoms with van der Waals surface area (Å²) < 4.78 is 102. The highest BCUT2D eigenvalue weighted by Gasteiger charge is 2.41. The fourth-order valence-electron chi connectivity index (χ4n) is 5.19. The first-order valence-electron chi connectivity index (χ1n) is 12.9. The van der Waals surface area contributed by atoms with Crippen LogP contribution in [0.3, 0.4) is 0 Å². The number of ether oxygens (including phenoxy) is 1. The van der Waals surface area contributed by atoms with E-state index in [0.717, 1.165) is 36.5 Å². The van der Waals surface area contributed by atoms with Crippen LogP contribution in [0.1, 0.15) is 63.0 Å². The molecular weight excluding hydrogens is 509 g/mol. The predicted molar refractivity (Wildman–Crippen MR) is 131 cm³/mol. The van der Waals surface area contributed by atoms with Gasteiger partial charge in [-0.1, -0.05) is 69.7 Å². The van der Waals surface area contributed by atoms with Crippen molar-refractivity contribution in [3.63, 3.8) is 0 Å². The van der Waals surface area contributed by atoms with Crippen LogP contribution < -0.4 is 4.74 Å². The van der Waals surface area contributed by atoms with Gasteiger partial charge in [0.1, 0.15) is 22.9 Å². The first-order chi connectivity index (χ1) is 18.1. The molecule has 3 aromatic rings. The van der Waals surface area contributed by atoms with Crippen molar-refractivity contribution in [2.75, 3.05) is 0 Å². The Kier molecular flexibility index (Phi) is 8.68. The van der Waals surface area contributed by atoms with Gasteiger partial charge in [-0.3, -0.25) is 0 Å². The summed E-state index contributed by atoms with van der Waals surface area (Å²) in [5, 5.41) is 0. The van der Waals surface area contributed by atoms with Crippen LogP contribution in [-0.2, 0) is 12.5 Å². The van der Waals surface area contributed by atoms with E-state index >= 15 is 0 Å². The molecule has 0 aromatic heterocycles. The van der Waals surface area contributed by atoms with E-state index in [4.69, 9.17) is 0 Å². The van der Waals surface area contributed by atoms with Gasteiger partial charge in [0, 0.05) is 12.1 Å². The first-order valence-corrected chi connectivity index (χ1v) is 12.9. The molecule has 0 spiro atoms. The molecule has 0 aliphatic heterocycles. The predicted octanol–water partition coefficient (Wildman–Crippen LogP) is 9.72. The van der Waals surface area contributed by atoms with E-state index in [1.165, 1.54) is 38.5 Å². The summed E-state index contributed by atoms with van der Waals surface area (Å²) in [6, 6.07) is 8.90. The van der Waals surface area contributed by atoms with Crippen molar-refractivity contribution >= 4 is 0 Å². The smallest absolute Gasteiger partial charge is 0.429 e. The van der Waals surface area contributed by atoms with E-state index < -0.39 is 46.5 Å². The fraction of sp³-hybridized carbons (Fsp3) is 0.400. The SMILES string of the molecule is CCC1CCCC(CCc2ccc(-c3cc(F)c(C(F)(F)Oc4cc(F)c(F)c(F)c4)c(F)c3)cc2)CC1. The standard InChI is InChI=1S/C30H29F7O/c1-2-18-4-3-5-19(7-6-18)8-9-20-10-12-21(13-11-20)22-14-24(31)28(25(32)15-22)30(36,37)38-23-16-26(33)29(35)27(34)17-23/h10-19H,2-9H2,1H3. The molecular formula is C30H29F7O. The van der Waals surface area contributed by atoms with Crippen LogP contribution in [0.25, 0.3) is 11.1 Å². The molecule has 0 N–H and O–H groups in total. The van der Waals surface area contributed by atoms with Gasteiger partial charge < -0.3 is 4.74 Å². The minimum Gasteiger partial charge on any atom is -0.429 e. The number of alkyl halides is 2. The highest BCUT2D eigenvalue weighted by Crippen LogP contribution is 2.38. The van der Waals surface area contributed by atoms with Crippen molar-refractivity contribution in [1.29, 1.82) is 0 Å². The van der Waals surface area contributed by atoms with Gasteiger partial charge >= 0.3 is 6.11 Å². The molecule has 1 fully saturated rings. The van der Waals surface area contributed by atoms with Gasteiger partial charge in [0.15, 0.2) is 17.5 Å². The Morgan fingerprint density at radius 2 is 1.32 bits per heavy atom. The number of halogens is 7. The summed E-state index contributed by atoms with van der Waals surface area (Å²) in [6.07, 6.45) is 4.88. The molecule has 1 saturated carbocycles. The third-order valence-corrected chi connectivity index (χ3v) is 7.45. The molecule has 1 nitrogen and oxygen atoms in total. The van der Waals surface area contributed by atoms with Crippen LogP contribution in [0.5, 0.6) is 5.75 Å². The normalized spacial score (nSPS) is 18.3. The largest absolute Gasteiger partial charge is 0.432 e. The number of aryl methyl sites for hydroxylation is 1. The van der Waals surface area contributed by atoms with Crippen LogP contribution in [0.15, 0.2) is 48.5 Å². The first kappa shape index (κ1) is 28.0. The fourth-order valence-corrected chi connectivity index (χ4v) is 5.19. The van der Waals surface area contributed by atoms with Gasteiger partial charge in [0.05, 0.1) is 0 Å². The number of benzene rings is 3. The van der Waals surface area contributed by atoms with E-state index in [0.29, 0.717) is 11.5 Å². The van der Waals surface area contributed by atoms with Crippen molar-refractivity contribution in [2.24, 2.45) is 11.8 Å². The second kappa shape index (κ2) is 11.8. The van der Waals surface area contributed by atoms with Gasteiger partial charge in [0.25, 0.3) is 0 Å². The summed E-state index contributed by atoms with van der Waals surface area (Å²) in [5.41, 5.74) is -0.164. The van der Waals surface area contributed by atoms with Gasteiger partial charge in [-0.2, -0.15) is 8.78 Å². The van der Waals surface area contributed by atoms with Crippen molar-refractivity contribution in [1.82, 2.24) is 0 Å². The highest BCUT2D eigenvalue weighted by atomic mass is 19.3. The van der Waals surface area contributed by atoms with Gasteiger partial charge in [0.2, 0.25) is 0 Å². The Hall–Kier alpha value is -3.03. The van der Waals surface area contributed by atoms with E-state index in [1.54, 1.807) is 12.1 Å². The average Bonchev–Trinajstić information content (AvgIpc) is 3.10.